The average molecular weight is 333 g/mol. The van der Waals surface area contributed by atoms with E-state index >= 15 is 0 Å². The summed E-state index contributed by atoms with van der Waals surface area (Å²) < 4.78 is 0. The van der Waals surface area contributed by atoms with E-state index in [2.05, 4.69) is 20.3 Å². The highest BCUT2D eigenvalue weighted by Crippen LogP contribution is 2.23. The van der Waals surface area contributed by atoms with Crippen LogP contribution in [0.15, 0.2) is 41.7 Å². The third-order valence-corrected chi connectivity index (χ3v) is 4.40. The van der Waals surface area contributed by atoms with Gasteiger partial charge >= 0.3 is 0 Å². The van der Waals surface area contributed by atoms with Crippen LogP contribution in [0.1, 0.15) is 5.56 Å². The smallest absolute Gasteiger partial charge is 0.234 e. The third-order valence-electron chi connectivity index (χ3n) is 3.12. The summed E-state index contributed by atoms with van der Waals surface area (Å²) in [5.74, 6) is 0.148. The number of H-pyrrole nitrogens is 1. The number of carbonyl (C=O) groups is 1. The topological polar surface area (TPSA) is 70.7 Å². The highest BCUT2D eigenvalue weighted by atomic mass is 35.5. The lowest BCUT2D eigenvalue weighted by molar-refractivity contribution is -0.113. The maximum absolute atomic E-state index is 12.0. The van der Waals surface area contributed by atoms with Crippen LogP contribution in [0.2, 0.25) is 5.02 Å². The molecule has 3 rings (SSSR count). The van der Waals surface area contributed by atoms with Crippen LogP contribution in [0.25, 0.3) is 11.2 Å². The lowest BCUT2D eigenvalue weighted by atomic mass is 10.2. The summed E-state index contributed by atoms with van der Waals surface area (Å²) in [5, 5.41) is 4.16. The number of amides is 1. The predicted octanol–water partition coefficient (Wildman–Crippen LogP) is 3.65. The number of rotatable bonds is 4. The van der Waals surface area contributed by atoms with Gasteiger partial charge in [-0.3, -0.25) is 4.79 Å². The Morgan fingerprint density at radius 1 is 1.36 bits per heavy atom. The monoisotopic (exact) mass is 332 g/mol. The van der Waals surface area contributed by atoms with E-state index < -0.39 is 0 Å². The Morgan fingerprint density at radius 2 is 2.23 bits per heavy atom. The molecule has 112 valence electrons. The number of fused-ring (bicyclic) bond motifs is 1. The molecule has 1 aromatic carbocycles. The quantitative estimate of drug-likeness (QED) is 0.715. The van der Waals surface area contributed by atoms with E-state index in [-0.39, 0.29) is 11.7 Å². The first-order chi connectivity index (χ1) is 10.6. The summed E-state index contributed by atoms with van der Waals surface area (Å²) >= 11 is 7.37. The standard InChI is InChI=1S/C15H13ClN4OS/c1-9-10(16)4-2-5-11(9)18-13(21)8-22-15-19-12-6-3-7-17-14(12)20-15/h2-7H,8H2,1H3,(H,18,21)(H,17,19,20). The molecule has 0 aliphatic heterocycles. The highest BCUT2D eigenvalue weighted by molar-refractivity contribution is 7.99. The lowest BCUT2D eigenvalue weighted by Crippen LogP contribution is -2.15. The van der Waals surface area contributed by atoms with Gasteiger partial charge in [-0.1, -0.05) is 29.4 Å². The molecule has 2 heterocycles. The van der Waals surface area contributed by atoms with Gasteiger partial charge in [0.25, 0.3) is 0 Å². The summed E-state index contributed by atoms with van der Waals surface area (Å²) in [6.45, 7) is 1.87. The van der Waals surface area contributed by atoms with Crippen LogP contribution in [0.3, 0.4) is 0 Å². The zero-order chi connectivity index (χ0) is 15.5. The average Bonchev–Trinajstić information content (AvgIpc) is 2.93. The lowest BCUT2D eigenvalue weighted by Gasteiger charge is -2.08. The van der Waals surface area contributed by atoms with Crippen molar-refractivity contribution < 1.29 is 4.79 Å². The Morgan fingerprint density at radius 3 is 3.05 bits per heavy atom. The Labute approximate surface area is 136 Å². The van der Waals surface area contributed by atoms with Gasteiger partial charge in [0.1, 0.15) is 0 Å². The first-order valence-electron chi connectivity index (χ1n) is 6.62. The number of imidazole rings is 1. The molecule has 1 amide bonds. The summed E-state index contributed by atoms with van der Waals surface area (Å²) in [6, 6.07) is 9.17. The van der Waals surface area contributed by atoms with E-state index in [1.165, 1.54) is 11.8 Å². The van der Waals surface area contributed by atoms with Crippen LogP contribution in [0, 0.1) is 6.92 Å². The molecule has 5 nitrogen and oxygen atoms in total. The molecular weight excluding hydrogens is 320 g/mol. The Hall–Kier alpha value is -2.05. The van der Waals surface area contributed by atoms with Crippen molar-refractivity contribution in [3.8, 4) is 0 Å². The fourth-order valence-corrected chi connectivity index (χ4v) is 2.80. The number of aromatic amines is 1. The zero-order valence-electron chi connectivity index (χ0n) is 11.8. The summed E-state index contributed by atoms with van der Waals surface area (Å²) in [4.78, 5) is 23.6. The number of thioether (sulfide) groups is 1. The number of benzene rings is 1. The maximum Gasteiger partial charge on any atom is 0.234 e. The van der Waals surface area contributed by atoms with E-state index in [0.717, 1.165) is 16.8 Å². The van der Waals surface area contributed by atoms with Gasteiger partial charge in [-0.2, -0.15) is 0 Å². The van der Waals surface area contributed by atoms with Crippen molar-refractivity contribution in [3.63, 3.8) is 0 Å². The minimum Gasteiger partial charge on any atom is -0.332 e. The highest BCUT2D eigenvalue weighted by Gasteiger charge is 2.09. The van der Waals surface area contributed by atoms with Crippen LogP contribution in [0.4, 0.5) is 5.69 Å². The van der Waals surface area contributed by atoms with Crippen molar-refractivity contribution in [3.05, 3.63) is 47.1 Å². The Bertz CT molecular complexity index is 800. The molecule has 22 heavy (non-hydrogen) atoms. The second-order valence-electron chi connectivity index (χ2n) is 4.67. The van der Waals surface area contributed by atoms with Gasteiger partial charge in [0.15, 0.2) is 10.8 Å². The van der Waals surface area contributed by atoms with E-state index in [1.54, 1.807) is 12.3 Å². The molecule has 0 saturated heterocycles. The number of nitrogens with zero attached hydrogens (tertiary/aromatic N) is 2. The van der Waals surface area contributed by atoms with Crippen molar-refractivity contribution in [2.75, 3.05) is 11.1 Å². The van der Waals surface area contributed by atoms with Crippen molar-refractivity contribution in [1.29, 1.82) is 0 Å². The zero-order valence-corrected chi connectivity index (χ0v) is 13.3. The maximum atomic E-state index is 12.0. The molecular formula is C15H13ClN4OS. The van der Waals surface area contributed by atoms with Gasteiger partial charge < -0.3 is 10.3 Å². The van der Waals surface area contributed by atoms with Crippen LogP contribution in [0.5, 0.6) is 0 Å². The molecule has 0 fully saturated rings. The Kier molecular flexibility index (Phi) is 4.31. The summed E-state index contributed by atoms with van der Waals surface area (Å²) in [7, 11) is 0. The fourth-order valence-electron chi connectivity index (χ4n) is 1.95. The minimum absolute atomic E-state index is 0.108. The molecule has 7 heteroatoms. The van der Waals surface area contributed by atoms with Crippen molar-refractivity contribution in [2.24, 2.45) is 0 Å². The van der Waals surface area contributed by atoms with Crippen LogP contribution >= 0.6 is 23.4 Å². The van der Waals surface area contributed by atoms with Crippen LogP contribution in [-0.2, 0) is 4.79 Å². The number of pyridine rings is 1. The number of aromatic nitrogens is 3. The number of hydrogen-bond donors (Lipinski definition) is 2. The second-order valence-corrected chi connectivity index (χ2v) is 6.04. The molecule has 2 aromatic heterocycles. The molecule has 0 bridgehead atoms. The minimum atomic E-state index is -0.108. The largest absolute Gasteiger partial charge is 0.332 e. The fraction of sp³-hybridized carbons (Fsp3) is 0.133. The summed E-state index contributed by atoms with van der Waals surface area (Å²) in [5.41, 5.74) is 3.09. The van der Waals surface area contributed by atoms with E-state index in [9.17, 15) is 4.79 Å². The third kappa shape index (κ3) is 3.23. The van der Waals surface area contributed by atoms with Gasteiger partial charge in [0, 0.05) is 16.9 Å². The van der Waals surface area contributed by atoms with E-state index in [0.29, 0.717) is 15.8 Å². The molecule has 0 radical (unpaired) electrons. The molecule has 0 aliphatic rings. The number of anilines is 1. The molecule has 0 unspecified atom stereocenters. The number of nitrogens with one attached hydrogen (secondary N) is 2. The van der Waals surface area contributed by atoms with Gasteiger partial charge in [0.2, 0.25) is 5.91 Å². The SMILES string of the molecule is Cc1c(Cl)cccc1NC(=O)CSc1nc2ncccc2[nH]1. The predicted molar refractivity (Wildman–Crippen MR) is 89.4 cm³/mol. The molecule has 0 spiro atoms. The van der Waals surface area contributed by atoms with Gasteiger partial charge in [-0.25, -0.2) is 9.97 Å². The normalized spacial score (nSPS) is 10.8. The molecule has 2 N–H and O–H groups in total. The van der Waals surface area contributed by atoms with Crippen LogP contribution in [-0.4, -0.2) is 26.6 Å². The summed E-state index contributed by atoms with van der Waals surface area (Å²) in [6.07, 6.45) is 1.69. The van der Waals surface area contributed by atoms with Crippen molar-refractivity contribution >= 4 is 46.1 Å². The molecule has 0 aliphatic carbocycles. The van der Waals surface area contributed by atoms with Crippen molar-refractivity contribution in [1.82, 2.24) is 15.0 Å². The first kappa shape index (κ1) is 14.9. The van der Waals surface area contributed by atoms with Gasteiger partial charge in [0.05, 0.1) is 11.3 Å². The number of hydrogen-bond acceptors (Lipinski definition) is 4. The number of carbonyl (C=O) groups excluding carboxylic acids is 1. The van der Waals surface area contributed by atoms with E-state index in [4.69, 9.17) is 11.6 Å². The second kappa shape index (κ2) is 6.37. The molecule has 3 aromatic rings. The molecule has 0 saturated carbocycles. The van der Waals surface area contributed by atoms with Gasteiger partial charge in [-0.15, -0.1) is 0 Å². The van der Waals surface area contributed by atoms with Crippen LogP contribution < -0.4 is 5.32 Å². The van der Waals surface area contributed by atoms with Gasteiger partial charge in [-0.05, 0) is 36.8 Å². The number of halogens is 1. The van der Waals surface area contributed by atoms with E-state index in [1.807, 2.05) is 31.2 Å². The Balaban J connectivity index is 1.63. The molecule has 0 atom stereocenters. The first-order valence-corrected chi connectivity index (χ1v) is 7.98. The van der Waals surface area contributed by atoms with Crippen molar-refractivity contribution in [2.45, 2.75) is 12.1 Å².